The summed E-state index contributed by atoms with van der Waals surface area (Å²) in [4.78, 5) is 0. The number of methoxy groups -OCH3 is 2. The lowest BCUT2D eigenvalue weighted by Crippen LogP contribution is -2.18. The zero-order valence-corrected chi connectivity index (χ0v) is 14.3. The van der Waals surface area contributed by atoms with Gasteiger partial charge in [-0.3, -0.25) is 0 Å². The van der Waals surface area contributed by atoms with E-state index in [4.69, 9.17) is 9.47 Å². The fourth-order valence-corrected chi connectivity index (χ4v) is 2.84. The molecule has 0 saturated carbocycles. The van der Waals surface area contributed by atoms with E-state index in [1.807, 2.05) is 19.2 Å². The second-order valence-corrected chi connectivity index (χ2v) is 5.75. The summed E-state index contributed by atoms with van der Waals surface area (Å²) in [6.07, 6.45) is 0. The van der Waals surface area contributed by atoms with E-state index in [1.54, 1.807) is 14.2 Å². The highest BCUT2D eigenvalue weighted by Gasteiger charge is 2.16. The number of hydrogen-bond donors (Lipinski definition) is 1. The summed E-state index contributed by atoms with van der Waals surface area (Å²) in [7, 11) is 5.26. The summed E-state index contributed by atoms with van der Waals surface area (Å²) in [5.41, 5.74) is 3.61. The largest absolute Gasteiger partial charge is 0.493 e. The van der Waals surface area contributed by atoms with Gasteiger partial charge in [-0.2, -0.15) is 0 Å². The molecular formula is C17H20BrNO2. The van der Waals surface area contributed by atoms with E-state index in [-0.39, 0.29) is 6.04 Å². The standard InChI is InChI=1S/C17H20BrNO2/c1-11-5-7-13(18)10-14(11)17(19-2)12-6-8-15(20-3)16(9-12)21-4/h5-10,17,19H,1-4H3. The maximum atomic E-state index is 5.40. The molecule has 112 valence electrons. The van der Waals surface area contributed by atoms with Crippen molar-refractivity contribution < 1.29 is 9.47 Å². The Morgan fingerprint density at radius 2 is 1.71 bits per heavy atom. The number of aryl methyl sites for hydroxylation is 1. The van der Waals surface area contributed by atoms with Crippen molar-refractivity contribution in [2.45, 2.75) is 13.0 Å². The Kier molecular flexibility index (Phi) is 5.26. The molecule has 0 radical (unpaired) electrons. The molecule has 3 nitrogen and oxygen atoms in total. The first-order valence-corrected chi connectivity index (χ1v) is 7.55. The van der Waals surface area contributed by atoms with Crippen LogP contribution in [0.2, 0.25) is 0 Å². The molecule has 0 aromatic heterocycles. The minimum atomic E-state index is 0.0994. The van der Waals surface area contributed by atoms with Crippen LogP contribution in [0.25, 0.3) is 0 Å². The van der Waals surface area contributed by atoms with Gasteiger partial charge >= 0.3 is 0 Å². The minimum absolute atomic E-state index is 0.0994. The van der Waals surface area contributed by atoms with E-state index in [1.165, 1.54) is 11.1 Å². The lowest BCUT2D eigenvalue weighted by atomic mass is 9.95. The van der Waals surface area contributed by atoms with Crippen LogP contribution in [-0.4, -0.2) is 21.3 Å². The van der Waals surface area contributed by atoms with Crippen LogP contribution in [0.4, 0.5) is 0 Å². The molecule has 0 aliphatic carbocycles. The number of rotatable bonds is 5. The van der Waals surface area contributed by atoms with Crippen LogP contribution in [0.15, 0.2) is 40.9 Å². The lowest BCUT2D eigenvalue weighted by Gasteiger charge is -2.21. The van der Waals surface area contributed by atoms with Gasteiger partial charge in [-0.25, -0.2) is 0 Å². The summed E-state index contributed by atoms with van der Waals surface area (Å²) in [6, 6.07) is 12.4. The molecule has 0 saturated heterocycles. The number of ether oxygens (including phenoxy) is 2. The van der Waals surface area contributed by atoms with Crippen molar-refractivity contribution in [3.63, 3.8) is 0 Å². The van der Waals surface area contributed by atoms with Gasteiger partial charge < -0.3 is 14.8 Å². The number of hydrogen-bond acceptors (Lipinski definition) is 3. The monoisotopic (exact) mass is 349 g/mol. The Hall–Kier alpha value is -1.52. The van der Waals surface area contributed by atoms with E-state index in [9.17, 15) is 0 Å². The van der Waals surface area contributed by atoms with Crippen molar-refractivity contribution in [1.82, 2.24) is 5.32 Å². The lowest BCUT2D eigenvalue weighted by molar-refractivity contribution is 0.354. The molecular weight excluding hydrogens is 330 g/mol. The Bertz CT molecular complexity index is 628. The highest BCUT2D eigenvalue weighted by atomic mass is 79.9. The van der Waals surface area contributed by atoms with Gasteiger partial charge in [0.05, 0.1) is 20.3 Å². The molecule has 0 amide bonds. The van der Waals surface area contributed by atoms with Gasteiger partial charge in [-0.1, -0.05) is 28.1 Å². The van der Waals surface area contributed by atoms with Crippen LogP contribution >= 0.6 is 15.9 Å². The third-order valence-electron chi connectivity index (χ3n) is 3.58. The predicted molar refractivity (Wildman–Crippen MR) is 89.3 cm³/mol. The topological polar surface area (TPSA) is 30.5 Å². The van der Waals surface area contributed by atoms with Gasteiger partial charge in [-0.05, 0) is 54.9 Å². The number of halogens is 1. The fraction of sp³-hybridized carbons (Fsp3) is 0.294. The predicted octanol–water partition coefficient (Wildman–Crippen LogP) is 4.08. The van der Waals surface area contributed by atoms with Crippen LogP contribution in [0.1, 0.15) is 22.7 Å². The normalized spacial score (nSPS) is 12.0. The second-order valence-electron chi connectivity index (χ2n) is 4.84. The van der Waals surface area contributed by atoms with Gasteiger partial charge in [0.1, 0.15) is 0 Å². The first-order chi connectivity index (χ1) is 10.1. The van der Waals surface area contributed by atoms with E-state index >= 15 is 0 Å². The Labute approximate surface area is 134 Å². The molecule has 2 aromatic carbocycles. The van der Waals surface area contributed by atoms with Crippen molar-refractivity contribution in [3.05, 3.63) is 57.6 Å². The van der Waals surface area contributed by atoms with Crippen molar-refractivity contribution >= 4 is 15.9 Å². The average molecular weight is 350 g/mol. The van der Waals surface area contributed by atoms with Crippen molar-refractivity contribution in [1.29, 1.82) is 0 Å². The maximum Gasteiger partial charge on any atom is 0.161 e. The molecule has 0 heterocycles. The van der Waals surface area contributed by atoms with Gasteiger partial charge in [0.2, 0.25) is 0 Å². The highest BCUT2D eigenvalue weighted by Crippen LogP contribution is 2.33. The molecule has 2 aromatic rings. The highest BCUT2D eigenvalue weighted by molar-refractivity contribution is 9.10. The first-order valence-electron chi connectivity index (χ1n) is 6.76. The van der Waals surface area contributed by atoms with Crippen molar-refractivity contribution in [3.8, 4) is 11.5 Å². The van der Waals surface area contributed by atoms with Crippen LogP contribution in [0, 0.1) is 6.92 Å². The third kappa shape index (κ3) is 3.39. The van der Waals surface area contributed by atoms with Crippen molar-refractivity contribution in [2.75, 3.05) is 21.3 Å². The Morgan fingerprint density at radius 3 is 2.33 bits per heavy atom. The molecule has 21 heavy (non-hydrogen) atoms. The number of nitrogens with one attached hydrogen (secondary N) is 1. The SMILES string of the molecule is CNC(c1ccc(OC)c(OC)c1)c1cc(Br)ccc1C. The molecule has 0 spiro atoms. The average Bonchev–Trinajstić information content (AvgIpc) is 2.51. The van der Waals surface area contributed by atoms with Crippen LogP contribution < -0.4 is 14.8 Å². The first kappa shape index (κ1) is 15.9. The molecule has 0 aliphatic heterocycles. The van der Waals surface area contributed by atoms with Crippen LogP contribution in [0.5, 0.6) is 11.5 Å². The Balaban J connectivity index is 2.48. The zero-order valence-electron chi connectivity index (χ0n) is 12.7. The molecule has 1 unspecified atom stereocenters. The van der Waals surface area contributed by atoms with E-state index < -0.39 is 0 Å². The van der Waals surface area contributed by atoms with Crippen LogP contribution in [0.3, 0.4) is 0 Å². The molecule has 4 heteroatoms. The van der Waals surface area contributed by atoms with Gasteiger partial charge in [-0.15, -0.1) is 0 Å². The van der Waals surface area contributed by atoms with Gasteiger partial charge in [0.15, 0.2) is 11.5 Å². The molecule has 2 rings (SSSR count). The van der Waals surface area contributed by atoms with Gasteiger partial charge in [0, 0.05) is 4.47 Å². The Morgan fingerprint density at radius 1 is 1.00 bits per heavy atom. The molecule has 0 fully saturated rings. The van der Waals surface area contributed by atoms with Gasteiger partial charge in [0.25, 0.3) is 0 Å². The smallest absolute Gasteiger partial charge is 0.161 e. The second kappa shape index (κ2) is 6.96. The molecule has 0 bridgehead atoms. The van der Waals surface area contributed by atoms with Crippen molar-refractivity contribution in [2.24, 2.45) is 0 Å². The zero-order chi connectivity index (χ0) is 15.4. The summed E-state index contributed by atoms with van der Waals surface area (Å²) in [5.74, 6) is 1.48. The van der Waals surface area contributed by atoms with E-state index in [0.29, 0.717) is 0 Å². The van der Waals surface area contributed by atoms with E-state index in [2.05, 4.69) is 52.4 Å². The quantitative estimate of drug-likeness (QED) is 0.881. The van der Waals surface area contributed by atoms with E-state index in [0.717, 1.165) is 21.5 Å². The molecule has 0 aliphatic rings. The maximum absolute atomic E-state index is 5.40. The molecule has 1 atom stereocenters. The third-order valence-corrected chi connectivity index (χ3v) is 4.08. The fourth-order valence-electron chi connectivity index (χ4n) is 2.46. The minimum Gasteiger partial charge on any atom is -0.493 e. The van der Waals surface area contributed by atoms with Crippen LogP contribution in [-0.2, 0) is 0 Å². The summed E-state index contributed by atoms with van der Waals surface area (Å²) < 4.78 is 11.8. The summed E-state index contributed by atoms with van der Waals surface area (Å²) in [5, 5.41) is 3.37. The summed E-state index contributed by atoms with van der Waals surface area (Å²) in [6.45, 7) is 2.12. The number of benzene rings is 2. The summed E-state index contributed by atoms with van der Waals surface area (Å²) >= 11 is 3.54. The molecule has 1 N–H and O–H groups in total.